The SMILES string of the molecule is CC(C)(C)C(=O)Nc1ccc2oc(-c3cccc4c(Br)cccc34)nc2c1. The van der Waals surface area contributed by atoms with Gasteiger partial charge in [-0.15, -0.1) is 0 Å². The molecule has 1 N–H and O–H groups in total. The number of anilines is 1. The van der Waals surface area contributed by atoms with Crippen LogP contribution in [0.1, 0.15) is 20.8 Å². The summed E-state index contributed by atoms with van der Waals surface area (Å²) in [5, 5.41) is 5.11. The maximum atomic E-state index is 12.2. The Balaban J connectivity index is 1.77. The van der Waals surface area contributed by atoms with E-state index in [4.69, 9.17) is 4.42 Å². The number of hydrogen-bond acceptors (Lipinski definition) is 3. The van der Waals surface area contributed by atoms with Crippen LogP contribution in [0.25, 0.3) is 33.3 Å². The zero-order chi connectivity index (χ0) is 19.2. The molecule has 27 heavy (non-hydrogen) atoms. The van der Waals surface area contributed by atoms with Gasteiger partial charge in [-0.25, -0.2) is 4.98 Å². The first-order chi connectivity index (χ1) is 12.8. The predicted molar refractivity (Wildman–Crippen MR) is 113 cm³/mol. The molecule has 1 amide bonds. The van der Waals surface area contributed by atoms with Crippen LogP contribution in [-0.2, 0) is 4.79 Å². The highest BCUT2D eigenvalue weighted by Gasteiger charge is 2.21. The van der Waals surface area contributed by atoms with Gasteiger partial charge in [0, 0.05) is 21.1 Å². The van der Waals surface area contributed by atoms with Gasteiger partial charge in [0.15, 0.2) is 5.58 Å². The number of nitrogens with zero attached hydrogens (tertiary/aromatic N) is 1. The van der Waals surface area contributed by atoms with Crippen molar-refractivity contribution in [3.8, 4) is 11.5 Å². The molecule has 0 radical (unpaired) electrons. The predicted octanol–water partition coefficient (Wildman–Crippen LogP) is 6.40. The molecule has 4 aromatic rings. The number of halogens is 1. The summed E-state index contributed by atoms with van der Waals surface area (Å²) in [6.45, 7) is 5.65. The van der Waals surface area contributed by atoms with Gasteiger partial charge in [0.05, 0.1) is 0 Å². The number of fused-ring (bicyclic) bond motifs is 2. The standard InChI is InChI=1S/C22H19BrN2O2/c1-22(2,3)21(26)24-13-10-11-19-18(12-13)25-20(27-19)16-8-4-7-15-14(16)6-5-9-17(15)23/h4-12H,1-3H3,(H,24,26). The van der Waals surface area contributed by atoms with Crippen LogP contribution in [0.15, 0.2) is 63.5 Å². The molecule has 0 fully saturated rings. The van der Waals surface area contributed by atoms with Gasteiger partial charge in [-0.3, -0.25) is 4.79 Å². The molecule has 0 bridgehead atoms. The van der Waals surface area contributed by atoms with Crippen LogP contribution < -0.4 is 5.32 Å². The van der Waals surface area contributed by atoms with Gasteiger partial charge in [0.2, 0.25) is 11.8 Å². The number of aromatic nitrogens is 1. The van der Waals surface area contributed by atoms with E-state index in [1.807, 2.05) is 63.2 Å². The van der Waals surface area contributed by atoms with Gasteiger partial charge >= 0.3 is 0 Å². The zero-order valence-electron chi connectivity index (χ0n) is 15.3. The van der Waals surface area contributed by atoms with Gasteiger partial charge in [-0.2, -0.15) is 0 Å². The molecule has 4 rings (SSSR count). The average molecular weight is 423 g/mol. The molecule has 0 aliphatic carbocycles. The van der Waals surface area contributed by atoms with Crippen LogP contribution in [0.4, 0.5) is 5.69 Å². The second kappa shape index (κ2) is 6.50. The molecule has 0 atom stereocenters. The first-order valence-corrected chi connectivity index (χ1v) is 9.52. The molecule has 4 nitrogen and oxygen atoms in total. The third kappa shape index (κ3) is 3.35. The number of amides is 1. The fourth-order valence-corrected chi connectivity index (χ4v) is 3.40. The van der Waals surface area contributed by atoms with Crippen molar-refractivity contribution in [2.45, 2.75) is 20.8 Å². The van der Waals surface area contributed by atoms with Crippen LogP contribution in [0.3, 0.4) is 0 Å². The summed E-state index contributed by atoms with van der Waals surface area (Å²) in [6.07, 6.45) is 0. The molecular formula is C22H19BrN2O2. The van der Waals surface area contributed by atoms with E-state index in [-0.39, 0.29) is 5.91 Å². The quantitative estimate of drug-likeness (QED) is 0.406. The Kier molecular flexibility index (Phi) is 4.27. The van der Waals surface area contributed by atoms with Crippen molar-refractivity contribution in [2.75, 3.05) is 5.32 Å². The summed E-state index contributed by atoms with van der Waals surface area (Å²) in [6, 6.07) is 17.6. The van der Waals surface area contributed by atoms with Gasteiger partial charge in [-0.1, -0.05) is 61.0 Å². The Morgan fingerprint density at radius 3 is 2.56 bits per heavy atom. The second-order valence-corrected chi connectivity index (χ2v) is 8.40. The normalized spacial score (nSPS) is 11.9. The summed E-state index contributed by atoms with van der Waals surface area (Å²) < 4.78 is 7.02. The number of benzene rings is 3. The van der Waals surface area contributed by atoms with Crippen molar-refractivity contribution in [3.05, 3.63) is 59.1 Å². The summed E-state index contributed by atoms with van der Waals surface area (Å²) in [5.41, 5.74) is 2.59. The van der Waals surface area contributed by atoms with E-state index in [2.05, 4.69) is 38.4 Å². The minimum Gasteiger partial charge on any atom is -0.436 e. The van der Waals surface area contributed by atoms with Crippen LogP contribution in [0, 0.1) is 5.41 Å². The molecule has 5 heteroatoms. The molecule has 0 spiro atoms. The summed E-state index contributed by atoms with van der Waals surface area (Å²) in [5.74, 6) is 0.525. The Morgan fingerprint density at radius 2 is 1.78 bits per heavy atom. The van der Waals surface area contributed by atoms with E-state index in [0.717, 1.165) is 20.8 Å². The Hall–Kier alpha value is -2.66. The molecule has 0 aliphatic heterocycles. The van der Waals surface area contributed by atoms with Crippen molar-refractivity contribution < 1.29 is 9.21 Å². The minimum atomic E-state index is -0.458. The molecule has 0 saturated heterocycles. The third-order valence-corrected chi connectivity index (χ3v) is 5.12. The lowest BCUT2D eigenvalue weighted by Gasteiger charge is -2.17. The van der Waals surface area contributed by atoms with Crippen molar-refractivity contribution in [2.24, 2.45) is 5.41 Å². The first-order valence-electron chi connectivity index (χ1n) is 8.72. The Labute approximate surface area is 165 Å². The molecular weight excluding hydrogens is 404 g/mol. The molecule has 0 aliphatic rings. The molecule has 1 aromatic heterocycles. The van der Waals surface area contributed by atoms with Crippen molar-refractivity contribution in [3.63, 3.8) is 0 Å². The first kappa shape index (κ1) is 17.7. The lowest BCUT2D eigenvalue weighted by Crippen LogP contribution is -2.27. The van der Waals surface area contributed by atoms with Crippen LogP contribution in [-0.4, -0.2) is 10.9 Å². The molecule has 1 heterocycles. The van der Waals surface area contributed by atoms with Crippen molar-refractivity contribution in [1.29, 1.82) is 0 Å². The fourth-order valence-electron chi connectivity index (χ4n) is 2.90. The number of oxazole rings is 1. The average Bonchev–Trinajstić information content (AvgIpc) is 3.04. The van der Waals surface area contributed by atoms with Crippen molar-refractivity contribution >= 4 is 49.4 Å². The maximum absolute atomic E-state index is 12.2. The Bertz CT molecular complexity index is 1170. The third-order valence-electron chi connectivity index (χ3n) is 4.43. The monoisotopic (exact) mass is 422 g/mol. The summed E-state index contributed by atoms with van der Waals surface area (Å²) in [7, 11) is 0. The molecule has 136 valence electrons. The Morgan fingerprint density at radius 1 is 1.04 bits per heavy atom. The van der Waals surface area contributed by atoms with E-state index in [9.17, 15) is 4.79 Å². The lowest BCUT2D eigenvalue weighted by atomic mass is 9.95. The number of rotatable bonds is 2. The largest absolute Gasteiger partial charge is 0.436 e. The number of carbonyl (C=O) groups is 1. The molecule has 0 saturated carbocycles. The van der Waals surface area contributed by atoms with Gasteiger partial charge < -0.3 is 9.73 Å². The number of carbonyl (C=O) groups excluding carboxylic acids is 1. The van der Waals surface area contributed by atoms with E-state index in [0.29, 0.717) is 22.7 Å². The summed E-state index contributed by atoms with van der Waals surface area (Å²) >= 11 is 3.60. The van der Waals surface area contributed by atoms with E-state index < -0.39 is 5.41 Å². The van der Waals surface area contributed by atoms with Crippen LogP contribution in [0.2, 0.25) is 0 Å². The van der Waals surface area contributed by atoms with Crippen molar-refractivity contribution in [1.82, 2.24) is 4.98 Å². The number of nitrogens with one attached hydrogen (secondary N) is 1. The minimum absolute atomic E-state index is 0.0375. The van der Waals surface area contributed by atoms with Crippen LogP contribution in [0.5, 0.6) is 0 Å². The highest BCUT2D eigenvalue weighted by Crippen LogP contribution is 2.34. The van der Waals surface area contributed by atoms with E-state index >= 15 is 0 Å². The smallest absolute Gasteiger partial charge is 0.229 e. The maximum Gasteiger partial charge on any atom is 0.229 e. The fraction of sp³-hybridized carbons (Fsp3) is 0.182. The van der Waals surface area contributed by atoms with E-state index in [1.165, 1.54) is 0 Å². The highest BCUT2D eigenvalue weighted by atomic mass is 79.9. The number of hydrogen-bond donors (Lipinski definition) is 1. The zero-order valence-corrected chi connectivity index (χ0v) is 16.9. The lowest BCUT2D eigenvalue weighted by molar-refractivity contribution is -0.123. The van der Waals surface area contributed by atoms with Gasteiger partial charge in [-0.05, 0) is 41.1 Å². The van der Waals surface area contributed by atoms with Gasteiger partial charge in [0.1, 0.15) is 5.52 Å². The van der Waals surface area contributed by atoms with Crippen LogP contribution >= 0.6 is 15.9 Å². The molecule has 0 unspecified atom stereocenters. The van der Waals surface area contributed by atoms with E-state index in [1.54, 1.807) is 0 Å². The highest BCUT2D eigenvalue weighted by molar-refractivity contribution is 9.10. The summed E-state index contributed by atoms with van der Waals surface area (Å²) in [4.78, 5) is 16.9. The molecule has 3 aromatic carbocycles. The topological polar surface area (TPSA) is 55.1 Å². The second-order valence-electron chi connectivity index (χ2n) is 7.55. The van der Waals surface area contributed by atoms with Gasteiger partial charge in [0.25, 0.3) is 0 Å².